The topological polar surface area (TPSA) is 52.4 Å². The molecule has 0 atom stereocenters. The third kappa shape index (κ3) is 3.23. The molecule has 0 amide bonds. The van der Waals surface area contributed by atoms with E-state index in [2.05, 4.69) is 0 Å². The molecule has 0 bridgehead atoms. The Balaban J connectivity index is 2.29. The molecule has 0 N–H and O–H groups in total. The summed E-state index contributed by atoms with van der Waals surface area (Å²) < 4.78 is 5.68. The van der Waals surface area contributed by atoms with Crippen molar-refractivity contribution in [2.75, 3.05) is 0 Å². The molecule has 0 radical (unpaired) electrons. The molecule has 98 valence electrons. The van der Waals surface area contributed by atoms with Crippen molar-refractivity contribution in [2.45, 2.75) is 12.8 Å². The summed E-state index contributed by atoms with van der Waals surface area (Å²) in [6, 6.07) is 11.9. The van der Waals surface area contributed by atoms with Crippen LogP contribution < -0.4 is 4.74 Å². The Morgan fingerprint density at radius 2 is 1.89 bits per heavy atom. The second-order valence-corrected chi connectivity index (χ2v) is 4.37. The van der Waals surface area contributed by atoms with E-state index in [9.17, 15) is 10.1 Å². The second-order valence-electron chi connectivity index (χ2n) is 4.10. The van der Waals surface area contributed by atoms with Crippen molar-refractivity contribution in [1.82, 2.24) is 0 Å². The number of ether oxygens (including phenoxy) is 1. The number of hydrogen-bond donors (Lipinski definition) is 0. The first kappa shape index (κ1) is 13.4. The van der Waals surface area contributed by atoms with Crippen LogP contribution in [0.1, 0.15) is 11.1 Å². The summed E-state index contributed by atoms with van der Waals surface area (Å²) in [5.74, 6) is 1.36. The Morgan fingerprint density at radius 1 is 1.21 bits per heavy atom. The highest BCUT2D eigenvalue weighted by molar-refractivity contribution is 6.17. The molecular formula is C14H12ClNO3. The molecule has 5 heteroatoms. The van der Waals surface area contributed by atoms with Gasteiger partial charge in [0.25, 0.3) is 5.69 Å². The van der Waals surface area contributed by atoms with E-state index in [0.29, 0.717) is 17.1 Å². The molecule has 0 aliphatic rings. The molecule has 0 fully saturated rings. The first-order valence-electron chi connectivity index (χ1n) is 5.68. The van der Waals surface area contributed by atoms with E-state index in [-0.39, 0.29) is 11.6 Å². The number of nitro benzene ring substituents is 1. The zero-order valence-electron chi connectivity index (χ0n) is 10.3. The smallest absolute Gasteiger partial charge is 0.270 e. The number of rotatable bonds is 4. The number of alkyl halides is 1. The molecule has 19 heavy (non-hydrogen) atoms. The molecule has 2 rings (SSSR count). The fourth-order valence-electron chi connectivity index (χ4n) is 1.62. The highest BCUT2D eigenvalue weighted by Gasteiger charge is 2.11. The zero-order valence-corrected chi connectivity index (χ0v) is 11.1. The van der Waals surface area contributed by atoms with Crippen molar-refractivity contribution in [1.29, 1.82) is 0 Å². The Labute approximate surface area is 115 Å². The quantitative estimate of drug-likeness (QED) is 0.472. The van der Waals surface area contributed by atoms with Crippen LogP contribution in [0.5, 0.6) is 11.5 Å². The van der Waals surface area contributed by atoms with Gasteiger partial charge in [-0.25, -0.2) is 0 Å². The van der Waals surface area contributed by atoms with Gasteiger partial charge in [-0.2, -0.15) is 0 Å². The normalized spacial score (nSPS) is 10.2. The van der Waals surface area contributed by atoms with Crippen LogP contribution in [0.25, 0.3) is 0 Å². The van der Waals surface area contributed by atoms with E-state index in [1.54, 1.807) is 6.07 Å². The molecule has 0 aromatic heterocycles. The third-order valence-corrected chi connectivity index (χ3v) is 2.94. The third-order valence-electron chi connectivity index (χ3n) is 2.65. The minimum atomic E-state index is -0.453. The van der Waals surface area contributed by atoms with E-state index < -0.39 is 4.92 Å². The minimum absolute atomic E-state index is 0.00639. The van der Waals surface area contributed by atoms with Gasteiger partial charge in [0.2, 0.25) is 0 Å². The van der Waals surface area contributed by atoms with Crippen LogP contribution in [0.4, 0.5) is 5.69 Å². The monoisotopic (exact) mass is 277 g/mol. The predicted molar refractivity (Wildman–Crippen MR) is 73.9 cm³/mol. The Hall–Kier alpha value is -2.07. The molecule has 0 spiro atoms. The number of benzene rings is 2. The lowest BCUT2D eigenvalue weighted by molar-refractivity contribution is -0.384. The van der Waals surface area contributed by atoms with Gasteiger partial charge in [0.15, 0.2) is 0 Å². The summed E-state index contributed by atoms with van der Waals surface area (Å²) in [4.78, 5) is 10.2. The molecule has 0 unspecified atom stereocenters. The predicted octanol–water partition coefficient (Wildman–Crippen LogP) is 4.43. The fraction of sp³-hybridized carbons (Fsp3) is 0.143. The van der Waals surface area contributed by atoms with Crippen LogP contribution in [0.15, 0.2) is 42.5 Å². The number of nitro groups is 1. The van der Waals surface area contributed by atoms with Gasteiger partial charge in [-0.15, -0.1) is 11.6 Å². The van der Waals surface area contributed by atoms with Crippen molar-refractivity contribution in [3.63, 3.8) is 0 Å². The van der Waals surface area contributed by atoms with Crippen LogP contribution in [-0.4, -0.2) is 4.92 Å². The van der Waals surface area contributed by atoms with Gasteiger partial charge in [0, 0.05) is 17.7 Å². The Kier molecular flexibility index (Phi) is 4.02. The maximum atomic E-state index is 10.7. The lowest BCUT2D eigenvalue weighted by atomic mass is 10.2. The van der Waals surface area contributed by atoms with E-state index in [4.69, 9.17) is 16.3 Å². The molecule has 0 saturated carbocycles. The van der Waals surface area contributed by atoms with Crippen molar-refractivity contribution >= 4 is 17.3 Å². The van der Waals surface area contributed by atoms with Crippen LogP contribution in [0.3, 0.4) is 0 Å². The van der Waals surface area contributed by atoms with Crippen molar-refractivity contribution in [2.24, 2.45) is 0 Å². The minimum Gasteiger partial charge on any atom is -0.457 e. The van der Waals surface area contributed by atoms with Gasteiger partial charge < -0.3 is 4.74 Å². The average molecular weight is 278 g/mol. The van der Waals surface area contributed by atoms with E-state index in [0.717, 1.165) is 5.56 Å². The number of nitrogens with zero attached hydrogens (tertiary/aromatic N) is 1. The maximum absolute atomic E-state index is 10.7. The van der Waals surface area contributed by atoms with Gasteiger partial charge in [0.1, 0.15) is 11.5 Å². The van der Waals surface area contributed by atoms with E-state index in [1.165, 1.54) is 12.1 Å². The van der Waals surface area contributed by atoms with Gasteiger partial charge in [-0.1, -0.05) is 17.7 Å². The van der Waals surface area contributed by atoms with Crippen LogP contribution in [0.2, 0.25) is 0 Å². The highest BCUT2D eigenvalue weighted by Crippen LogP contribution is 2.29. The summed E-state index contributed by atoms with van der Waals surface area (Å²) >= 11 is 5.80. The summed E-state index contributed by atoms with van der Waals surface area (Å²) in [6.45, 7) is 1.99. The van der Waals surface area contributed by atoms with Crippen molar-refractivity contribution in [3.05, 3.63) is 63.7 Å². The number of non-ortho nitro benzene ring substituents is 1. The molecular weight excluding hydrogens is 266 g/mol. The molecule has 2 aromatic carbocycles. The largest absolute Gasteiger partial charge is 0.457 e. The molecule has 0 aliphatic carbocycles. The summed E-state index contributed by atoms with van der Waals surface area (Å²) in [7, 11) is 0. The first-order valence-corrected chi connectivity index (χ1v) is 6.21. The fourth-order valence-corrected chi connectivity index (χ4v) is 1.83. The van der Waals surface area contributed by atoms with Crippen molar-refractivity contribution in [3.8, 4) is 11.5 Å². The second kappa shape index (κ2) is 5.71. The molecule has 2 aromatic rings. The lowest BCUT2D eigenvalue weighted by Gasteiger charge is -2.09. The molecule has 0 aliphatic heterocycles. The summed E-state index contributed by atoms with van der Waals surface area (Å²) in [5.41, 5.74) is 1.73. The van der Waals surface area contributed by atoms with Gasteiger partial charge in [0.05, 0.1) is 10.8 Å². The van der Waals surface area contributed by atoms with Gasteiger partial charge >= 0.3 is 0 Å². The number of halogens is 1. The Morgan fingerprint density at radius 3 is 2.47 bits per heavy atom. The van der Waals surface area contributed by atoms with E-state index in [1.807, 2.05) is 31.2 Å². The van der Waals surface area contributed by atoms with Crippen molar-refractivity contribution < 1.29 is 9.66 Å². The molecule has 0 heterocycles. The standard InChI is InChI=1S/C14H12ClNO3/c1-10-2-5-13(6-3-10)19-14-7-4-12(16(17)18)8-11(14)9-15/h2-8H,9H2,1H3. The summed E-state index contributed by atoms with van der Waals surface area (Å²) in [6.07, 6.45) is 0. The van der Waals surface area contributed by atoms with Crippen LogP contribution in [-0.2, 0) is 5.88 Å². The number of aryl methyl sites for hydroxylation is 1. The molecule has 0 saturated heterocycles. The van der Waals surface area contributed by atoms with Crippen LogP contribution >= 0.6 is 11.6 Å². The SMILES string of the molecule is Cc1ccc(Oc2ccc([N+](=O)[O-])cc2CCl)cc1. The molecule has 4 nitrogen and oxygen atoms in total. The van der Waals surface area contributed by atoms with Crippen LogP contribution in [0, 0.1) is 17.0 Å². The van der Waals surface area contributed by atoms with E-state index >= 15 is 0 Å². The zero-order chi connectivity index (χ0) is 13.8. The Bertz CT molecular complexity index is 596. The lowest BCUT2D eigenvalue weighted by Crippen LogP contribution is -1.93. The summed E-state index contributed by atoms with van der Waals surface area (Å²) in [5, 5.41) is 10.7. The van der Waals surface area contributed by atoms with Gasteiger partial charge in [-0.3, -0.25) is 10.1 Å². The van der Waals surface area contributed by atoms with Gasteiger partial charge in [-0.05, 0) is 25.1 Å². The highest BCUT2D eigenvalue weighted by atomic mass is 35.5. The maximum Gasteiger partial charge on any atom is 0.270 e. The number of hydrogen-bond acceptors (Lipinski definition) is 3. The first-order chi connectivity index (χ1) is 9.10. The average Bonchev–Trinajstić information content (AvgIpc) is 2.41.